The summed E-state index contributed by atoms with van der Waals surface area (Å²) in [6, 6.07) is 10.8. The molecule has 2 atom stereocenters. The molecule has 0 radical (unpaired) electrons. The van der Waals surface area contributed by atoms with Gasteiger partial charge in [0.1, 0.15) is 0 Å². The molecule has 3 rings (SSSR count). The van der Waals surface area contributed by atoms with Crippen molar-refractivity contribution in [3.63, 3.8) is 0 Å². The highest BCUT2D eigenvalue weighted by Gasteiger charge is 2.35. The van der Waals surface area contributed by atoms with Crippen LogP contribution in [0, 0.1) is 5.92 Å². The predicted molar refractivity (Wildman–Crippen MR) is 75.9 cm³/mol. The zero-order chi connectivity index (χ0) is 13.1. The molecule has 19 heavy (non-hydrogen) atoms. The molecular weight excluding hydrogens is 236 g/mol. The van der Waals surface area contributed by atoms with Crippen molar-refractivity contribution >= 4 is 5.91 Å². The van der Waals surface area contributed by atoms with Crippen LogP contribution < -0.4 is 5.32 Å². The molecule has 3 nitrogen and oxygen atoms in total. The maximum Gasteiger partial charge on any atom is 0.222 e. The van der Waals surface area contributed by atoms with Gasteiger partial charge in [0, 0.05) is 25.6 Å². The fourth-order valence-electron chi connectivity index (χ4n) is 3.30. The lowest BCUT2D eigenvalue weighted by Gasteiger charge is -2.24. The third-order valence-corrected chi connectivity index (χ3v) is 4.42. The van der Waals surface area contributed by atoms with Gasteiger partial charge in [-0.3, -0.25) is 4.79 Å². The number of hydrogen-bond donors (Lipinski definition) is 1. The summed E-state index contributed by atoms with van der Waals surface area (Å²) >= 11 is 0. The van der Waals surface area contributed by atoms with Crippen molar-refractivity contribution in [2.75, 3.05) is 19.6 Å². The highest BCUT2D eigenvalue weighted by molar-refractivity contribution is 5.76. The molecule has 2 heterocycles. The van der Waals surface area contributed by atoms with E-state index in [1.165, 1.54) is 18.4 Å². The molecule has 2 aliphatic rings. The summed E-state index contributed by atoms with van der Waals surface area (Å²) in [6.45, 7) is 3.00. The van der Waals surface area contributed by atoms with E-state index < -0.39 is 0 Å². The standard InChI is InChI=1S/C16H22N2O/c19-16(9-8-13-5-2-1-3-6-13)18-11-14-7-4-10-17-15(14)12-18/h1-3,5-6,14-15,17H,4,7-12H2/t14-,15+/m0/s1. The van der Waals surface area contributed by atoms with Crippen LogP contribution in [0.3, 0.4) is 0 Å². The van der Waals surface area contributed by atoms with Gasteiger partial charge < -0.3 is 10.2 Å². The second kappa shape index (κ2) is 5.74. The van der Waals surface area contributed by atoms with Crippen LogP contribution in [-0.2, 0) is 11.2 Å². The van der Waals surface area contributed by atoms with Crippen LogP contribution in [0.1, 0.15) is 24.8 Å². The number of nitrogens with one attached hydrogen (secondary N) is 1. The lowest BCUT2D eigenvalue weighted by Crippen LogP contribution is -2.41. The Kier molecular flexibility index (Phi) is 3.83. The summed E-state index contributed by atoms with van der Waals surface area (Å²) in [5, 5.41) is 3.55. The Balaban J connectivity index is 1.51. The lowest BCUT2D eigenvalue weighted by atomic mass is 9.94. The van der Waals surface area contributed by atoms with Crippen LogP contribution in [0.25, 0.3) is 0 Å². The van der Waals surface area contributed by atoms with Crippen LogP contribution in [0.15, 0.2) is 30.3 Å². The molecule has 102 valence electrons. The third-order valence-electron chi connectivity index (χ3n) is 4.42. The van der Waals surface area contributed by atoms with Gasteiger partial charge in [0.25, 0.3) is 0 Å². The summed E-state index contributed by atoms with van der Waals surface area (Å²) in [4.78, 5) is 14.3. The van der Waals surface area contributed by atoms with Crippen molar-refractivity contribution in [1.29, 1.82) is 0 Å². The Morgan fingerprint density at radius 3 is 2.89 bits per heavy atom. The Morgan fingerprint density at radius 2 is 2.11 bits per heavy atom. The van der Waals surface area contributed by atoms with Gasteiger partial charge in [-0.15, -0.1) is 0 Å². The Hall–Kier alpha value is -1.35. The average Bonchev–Trinajstić information content (AvgIpc) is 2.90. The van der Waals surface area contributed by atoms with Crippen molar-refractivity contribution < 1.29 is 4.79 Å². The van der Waals surface area contributed by atoms with Crippen LogP contribution >= 0.6 is 0 Å². The number of hydrogen-bond acceptors (Lipinski definition) is 2. The van der Waals surface area contributed by atoms with Crippen molar-refractivity contribution in [2.24, 2.45) is 5.92 Å². The molecule has 0 unspecified atom stereocenters. The van der Waals surface area contributed by atoms with Crippen LogP contribution in [0.4, 0.5) is 0 Å². The SMILES string of the molecule is O=C(CCc1ccccc1)N1C[C@@H]2CCCN[C@@H]2C1. The van der Waals surface area contributed by atoms with Gasteiger partial charge in [-0.1, -0.05) is 30.3 Å². The zero-order valence-corrected chi connectivity index (χ0v) is 11.3. The largest absolute Gasteiger partial charge is 0.341 e. The molecule has 2 fully saturated rings. The van der Waals surface area contributed by atoms with Crippen LogP contribution in [-0.4, -0.2) is 36.5 Å². The summed E-state index contributed by atoms with van der Waals surface area (Å²) in [6.07, 6.45) is 4.04. The van der Waals surface area contributed by atoms with E-state index in [2.05, 4.69) is 22.3 Å². The second-order valence-corrected chi connectivity index (χ2v) is 5.75. The highest BCUT2D eigenvalue weighted by atomic mass is 16.2. The number of rotatable bonds is 3. The Labute approximate surface area is 115 Å². The summed E-state index contributed by atoms with van der Waals surface area (Å²) < 4.78 is 0. The van der Waals surface area contributed by atoms with Gasteiger partial charge in [0.2, 0.25) is 5.91 Å². The summed E-state index contributed by atoms with van der Waals surface area (Å²) in [5.41, 5.74) is 1.26. The Bertz CT molecular complexity index is 418. The minimum atomic E-state index is 0.319. The van der Waals surface area contributed by atoms with Gasteiger partial charge >= 0.3 is 0 Å². The van der Waals surface area contributed by atoms with E-state index in [0.29, 0.717) is 24.3 Å². The van der Waals surface area contributed by atoms with Crippen molar-refractivity contribution in [3.8, 4) is 0 Å². The number of carbonyl (C=O) groups is 1. The molecule has 0 saturated carbocycles. The van der Waals surface area contributed by atoms with Crippen LogP contribution in [0.2, 0.25) is 0 Å². The van der Waals surface area contributed by atoms with Crippen molar-refractivity contribution in [1.82, 2.24) is 10.2 Å². The monoisotopic (exact) mass is 258 g/mol. The van der Waals surface area contributed by atoms with Gasteiger partial charge in [-0.25, -0.2) is 0 Å². The molecule has 1 amide bonds. The average molecular weight is 258 g/mol. The van der Waals surface area contributed by atoms with E-state index in [4.69, 9.17) is 0 Å². The summed E-state index contributed by atoms with van der Waals surface area (Å²) in [7, 11) is 0. The number of nitrogens with zero attached hydrogens (tertiary/aromatic N) is 1. The molecule has 1 aromatic rings. The van der Waals surface area contributed by atoms with E-state index in [-0.39, 0.29) is 0 Å². The number of fused-ring (bicyclic) bond motifs is 1. The molecule has 0 aromatic heterocycles. The number of piperidine rings is 1. The van der Waals surface area contributed by atoms with Gasteiger partial charge in [-0.05, 0) is 37.3 Å². The fourth-order valence-corrected chi connectivity index (χ4v) is 3.30. The molecule has 0 spiro atoms. The quantitative estimate of drug-likeness (QED) is 0.897. The van der Waals surface area contributed by atoms with E-state index in [9.17, 15) is 4.79 Å². The number of benzene rings is 1. The van der Waals surface area contributed by atoms with Gasteiger partial charge in [0.15, 0.2) is 0 Å². The van der Waals surface area contributed by atoms with Gasteiger partial charge in [0.05, 0.1) is 0 Å². The molecular formula is C16H22N2O. The maximum absolute atomic E-state index is 12.3. The molecule has 0 aliphatic carbocycles. The van der Waals surface area contributed by atoms with E-state index >= 15 is 0 Å². The minimum absolute atomic E-state index is 0.319. The second-order valence-electron chi connectivity index (χ2n) is 5.75. The third kappa shape index (κ3) is 2.98. The number of aryl methyl sites for hydroxylation is 1. The van der Waals surface area contributed by atoms with Crippen molar-refractivity contribution in [3.05, 3.63) is 35.9 Å². The predicted octanol–water partition coefficient (Wildman–Crippen LogP) is 1.83. The van der Waals surface area contributed by atoms with E-state index in [1.807, 2.05) is 18.2 Å². The number of amides is 1. The lowest BCUT2D eigenvalue weighted by molar-refractivity contribution is -0.130. The normalized spacial score (nSPS) is 26.2. The molecule has 0 bridgehead atoms. The maximum atomic E-state index is 12.3. The number of carbonyl (C=O) groups excluding carboxylic acids is 1. The molecule has 1 aromatic carbocycles. The topological polar surface area (TPSA) is 32.3 Å². The molecule has 3 heteroatoms. The van der Waals surface area contributed by atoms with E-state index in [0.717, 1.165) is 26.1 Å². The highest BCUT2D eigenvalue weighted by Crippen LogP contribution is 2.25. The minimum Gasteiger partial charge on any atom is -0.341 e. The fraction of sp³-hybridized carbons (Fsp3) is 0.562. The number of likely N-dealkylation sites (tertiary alicyclic amines) is 1. The first-order chi connectivity index (χ1) is 9.33. The van der Waals surface area contributed by atoms with E-state index in [1.54, 1.807) is 0 Å². The first-order valence-corrected chi connectivity index (χ1v) is 7.38. The summed E-state index contributed by atoms with van der Waals surface area (Å²) in [5.74, 6) is 1.01. The smallest absolute Gasteiger partial charge is 0.222 e. The van der Waals surface area contributed by atoms with Crippen molar-refractivity contribution in [2.45, 2.75) is 31.7 Å². The molecule has 2 aliphatic heterocycles. The van der Waals surface area contributed by atoms with Gasteiger partial charge in [-0.2, -0.15) is 0 Å². The van der Waals surface area contributed by atoms with Crippen LogP contribution in [0.5, 0.6) is 0 Å². The first-order valence-electron chi connectivity index (χ1n) is 7.38. The zero-order valence-electron chi connectivity index (χ0n) is 11.3. The Morgan fingerprint density at radius 1 is 1.26 bits per heavy atom. The molecule has 2 saturated heterocycles. The molecule has 1 N–H and O–H groups in total. The first kappa shape index (κ1) is 12.7.